The fourth-order valence-corrected chi connectivity index (χ4v) is 2.96. The van der Waals surface area contributed by atoms with Crippen molar-refractivity contribution in [1.82, 2.24) is 4.98 Å². The first kappa shape index (κ1) is 13.0. The van der Waals surface area contributed by atoms with Crippen molar-refractivity contribution in [1.29, 1.82) is 0 Å². The Morgan fingerprint density at radius 1 is 1.05 bits per heavy atom. The van der Waals surface area contributed by atoms with Gasteiger partial charge in [0.25, 0.3) is 0 Å². The molecule has 100 valence electrons. The average Bonchev–Trinajstić information content (AvgIpc) is 2.79. The summed E-state index contributed by atoms with van der Waals surface area (Å²) in [5.41, 5.74) is 1.13. The molecule has 0 spiro atoms. The number of phenolic OH excluding ortho intramolecular Hbond substituents is 2. The monoisotopic (exact) mass is 349 g/mol. The van der Waals surface area contributed by atoms with Gasteiger partial charge in [0, 0.05) is 10.5 Å². The van der Waals surface area contributed by atoms with Crippen molar-refractivity contribution in [2.24, 2.45) is 10.2 Å². The summed E-state index contributed by atoms with van der Waals surface area (Å²) in [6, 6.07) is 9.90. The van der Waals surface area contributed by atoms with Crippen LogP contribution in [0.15, 0.2) is 51.1 Å². The second-order valence-corrected chi connectivity index (χ2v) is 5.91. The van der Waals surface area contributed by atoms with E-state index in [9.17, 15) is 10.2 Å². The van der Waals surface area contributed by atoms with Crippen LogP contribution in [0.25, 0.3) is 10.2 Å². The summed E-state index contributed by atoms with van der Waals surface area (Å²) >= 11 is 4.81. The van der Waals surface area contributed by atoms with Crippen LogP contribution in [0, 0.1) is 0 Å². The molecule has 3 rings (SSSR count). The Bertz CT molecular complexity index is 816. The molecular formula is C13H8BrN3O2S. The number of nitrogens with zero attached hydrogens (tertiary/aromatic N) is 3. The van der Waals surface area contributed by atoms with Gasteiger partial charge in [-0.2, -0.15) is 0 Å². The predicted molar refractivity (Wildman–Crippen MR) is 81.3 cm³/mol. The molecule has 7 heteroatoms. The fourth-order valence-electron chi connectivity index (χ4n) is 1.62. The van der Waals surface area contributed by atoms with E-state index < -0.39 is 0 Å². The van der Waals surface area contributed by atoms with E-state index in [1.807, 2.05) is 18.2 Å². The Balaban J connectivity index is 1.94. The lowest BCUT2D eigenvalue weighted by Gasteiger charge is -1.96. The highest BCUT2D eigenvalue weighted by molar-refractivity contribution is 9.10. The van der Waals surface area contributed by atoms with Gasteiger partial charge in [-0.25, -0.2) is 4.98 Å². The van der Waals surface area contributed by atoms with E-state index in [1.165, 1.54) is 29.5 Å². The van der Waals surface area contributed by atoms with Crippen molar-refractivity contribution >= 4 is 48.3 Å². The van der Waals surface area contributed by atoms with E-state index in [-0.39, 0.29) is 17.2 Å². The summed E-state index contributed by atoms with van der Waals surface area (Å²) < 4.78 is 1.98. The van der Waals surface area contributed by atoms with Gasteiger partial charge in [0.2, 0.25) is 5.13 Å². The van der Waals surface area contributed by atoms with Crippen LogP contribution in [-0.4, -0.2) is 15.2 Å². The standard InChI is InChI=1S/C13H8BrN3O2S/c14-7-1-3-10-12(5-7)20-13(15-10)17-16-9-4-2-8(18)6-11(9)19/h1-6,18-19H. The Kier molecular flexibility index (Phi) is 3.37. The molecule has 0 aliphatic rings. The third-order valence-corrected chi connectivity index (χ3v) is 3.94. The van der Waals surface area contributed by atoms with Crippen molar-refractivity contribution < 1.29 is 10.2 Å². The zero-order chi connectivity index (χ0) is 14.1. The minimum absolute atomic E-state index is 0.0220. The molecule has 0 atom stereocenters. The molecule has 0 saturated heterocycles. The number of aromatic hydroxyl groups is 2. The van der Waals surface area contributed by atoms with Crippen LogP contribution in [0.4, 0.5) is 10.8 Å². The second-order valence-electron chi connectivity index (χ2n) is 3.98. The molecule has 0 radical (unpaired) electrons. The van der Waals surface area contributed by atoms with E-state index in [4.69, 9.17) is 0 Å². The highest BCUT2D eigenvalue weighted by atomic mass is 79.9. The largest absolute Gasteiger partial charge is 0.508 e. The SMILES string of the molecule is Oc1ccc(N=Nc2nc3ccc(Br)cc3s2)c(O)c1. The van der Waals surface area contributed by atoms with Crippen LogP contribution >= 0.6 is 27.3 Å². The van der Waals surface area contributed by atoms with Crippen LogP contribution in [0.1, 0.15) is 0 Å². The number of benzene rings is 2. The van der Waals surface area contributed by atoms with Gasteiger partial charge in [0.1, 0.15) is 17.2 Å². The van der Waals surface area contributed by atoms with Crippen molar-refractivity contribution in [3.63, 3.8) is 0 Å². The first-order valence-corrected chi connectivity index (χ1v) is 7.22. The molecule has 0 bridgehead atoms. The molecule has 20 heavy (non-hydrogen) atoms. The maximum atomic E-state index is 9.61. The molecule has 0 unspecified atom stereocenters. The minimum Gasteiger partial charge on any atom is -0.508 e. The van der Waals surface area contributed by atoms with Gasteiger partial charge in [-0.15, -0.1) is 10.2 Å². The number of fused-ring (bicyclic) bond motifs is 1. The summed E-state index contributed by atoms with van der Waals surface area (Å²) in [7, 11) is 0. The number of hydrogen-bond acceptors (Lipinski definition) is 6. The Labute approximate surface area is 126 Å². The van der Waals surface area contributed by atoms with E-state index >= 15 is 0 Å². The number of hydrogen-bond donors (Lipinski definition) is 2. The van der Waals surface area contributed by atoms with Gasteiger partial charge < -0.3 is 10.2 Å². The molecule has 1 aromatic heterocycles. The van der Waals surface area contributed by atoms with Gasteiger partial charge in [0.15, 0.2) is 0 Å². The summed E-state index contributed by atoms with van der Waals surface area (Å²) in [4.78, 5) is 4.32. The molecule has 3 aromatic rings. The second kappa shape index (κ2) is 5.18. The number of azo groups is 1. The zero-order valence-electron chi connectivity index (χ0n) is 9.99. The quantitative estimate of drug-likeness (QED) is 0.646. The van der Waals surface area contributed by atoms with E-state index in [0.717, 1.165) is 14.7 Å². The van der Waals surface area contributed by atoms with Gasteiger partial charge in [-0.3, -0.25) is 0 Å². The first-order chi connectivity index (χ1) is 9.61. The molecule has 0 aliphatic carbocycles. The number of phenols is 2. The van der Waals surface area contributed by atoms with Crippen molar-refractivity contribution in [3.05, 3.63) is 40.9 Å². The molecule has 5 nitrogen and oxygen atoms in total. The molecule has 0 aliphatic heterocycles. The lowest BCUT2D eigenvalue weighted by atomic mass is 10.3. The van der Waals surface area contributed by atoms with Gasteiger partial charge in [-0.05, 0) is 30.3 Å². The Hall–Kier alpha value is -1.99. The highest BCUT2D eigenvalue weighted by Crippen LogP contribution is 2.34. The minimum atomic E-state index is -0.127. The topological polar surface area (TPSA) is 78.1 Å². The third-order valence-electron chi connectivity index (χ3n) is 2.54. The first-order valence-electron chi connectivity index (χ1n) is 5.61. The molecule has 0 saturated carbocycles. The van der Waals surface area contributed by atoms with E-state index in [0.29, 0.717) is 5.13 Å². The number of thiazole rings is 1. The van der Waals surface area contributed by atoms with Crippen LogP contribution in [0.3, 0.4) is 0 Å². The van der Waals surface area contributed by atoms with Gasteiger partial charge >= 0.3 is 0 Å². The lowest BCUT2D eigenvalue weighted by molar-refractivity contribution is 0.451. The molecule has 1 heterocycles. The van der Waals surface area contributed by atoms with Crippen LogP contribution in [0.5, 0.6) is 11.5 Å². The highest BCUT2D eigenvalue weighted by Gasteiger charge is 2.04. The molecular weight excluding hydrogens is 342 g/mol. The van der Waals surface area contributed by atoms with Crippen molar-refractivity contribution in [2.75, 3.05) is 0 Å². The average molecular weight is 350 g/mol. The number of aromatic nitrogens is 1. The van der Waals surface area contributed by atoms with E-state index in [1.54, 1.807) is 0 Å². The Morgan fingerprint density at radius 2 is 1.90 bits per heavy atom. The Morgan fingerprint density at radius 3 is 2.70 bits per heavy atom. The van der Waals surface area contributed by atoms with E-state index in [2.05, 4.69) is 31.1 Å². The summed E-state index contributed by atoms with van der Waals surface area (Å²) in [6.07, 6.45) is 0. The summed E-state index contributed by atoms with van der Waals surface area (Å²) in [5, 5.41) is 27.3. The molecule has 2 N–H and O–H groups in total. The zero-order valence-corrected chi connectivity index (χ0v) is 12.4. The van der Waals surface area contributed by atoms with Gasteiger partial charge in [-0.1, -0.05) is 27.3 Å². The maximum Gasteiger partial charge on any atom is 0.231 e. The van der Waals surface area contributed by atoms with Crippen molar-refractivity contribution in [2.45, 2.75) is 0 Å². The number of rotatable bonds is 2. The van der Waals surface area contributed by atoms with Gasteiger partial charge in [0.05, 0.1) is 10.2 Å². The smallest absolute Gasteiger partial charge is 0.231 e. The number of halogens is 1. The lowest BCUT2D eigenvalue weighted by Crippen LogP contribution is -1.68. The normalized spacial score (nSPS) is 11.4. The maximum absolute atomic E-state index is 9.61. The third kappa shape index (κ3) is 2.63. The van der Waals surface area contributed by atoms with Crippen LogP contribution < -0.4 is 0 Å². The predicted octanol–water partition coefficient (Wildman–Crippen LogP) is 4.89. The fraction of sp³-hybridized carbons (Fsp3) is 0. The molecule has 0 fully saturated rings. The molecule has 0 amide bonds. The van der Waals surface area contributed by atoms with Crippen molar-refractivity contribution in [3.8, 4) is 11.5 Å². The summed E-state index contributed by atoms with van der Waals surface area (Å²) in [6.45, 7) is 0. The molecule has 2 aromatic carbocycles. The summed E-state index contributed by atoms with van der Waals surface area (Å²) in [5.74, 6) is -0.149. The van der Waals surface area contributed by atoms with Crippen LogP contribution in [-0.2, 0) is 0 Å². The van der Waals surface area contributed by atoms with Crippen LogP contribution in [0.2, 0.25) is 0 Å².